The van der Waals surface area contributed by atoms with Crippen molar-refractivity contribution in [2.45, 2.75) is 33.2 Å². The fourth-order valence-corrected chi connectivity index (χ4v) is 2.96. The number of carbonyl (C=O) groups excluding carboxylic acids is 1. The molecule has 0 spiro atoms. The molecule has 1 amide bonds. The fourth-order valence-electron chi connectivity index (χ4n) is 2.96. The number of ether oxygens (including phenoxy) is 2. The number of aryl methyl sites for hydroxylation is 2. The molecule has 1 aliphatic heterocycles. The highest BCUT2D eigenvalue weighted by Crippen LogP contribution is 2.35. The predicted molar refractivity (Wildman–Crippen MR) is 97.1 cm³/mol. The summed E-state index contributed by atoms with van der Waals surface area (Å²) in [7, 11) is 0. The standard InChI is InChI=1S/C20H24N2O3/c1-13(2)11-22-12-14-3-7-18-15(9-14)4-5-16-10-17(24-20(21)23)6-8-19(16)25-18/h3,6-10,13,22H,4-5,11-12H2,1-2H3,(H2,21,23). The van der Waals surface area contributed by atoms with Crippen molar-refractivity contribution in [3.8, 4) is 17.2 Å². The summed E-state index contributed by atoms with van der Waals surface area (Å²) in [5, 5.41) is 3.47. The van der Waals surface area contributed by atoms with Gasteiger partial charge in [0.05, 0.1) is 0 Å². The Morgan fingerprint density at radius 3 is 2.52 bits per heavy atom. The topological polar surface area (TPSA) is 73.6 Å². The maximum atomic E-state index is 10.9. The van der Waals surface area contributed by atoms with Crippen molar-refractivity contribution < 1.29 is 14.3 Å². The molecule has 0 fully saturated rings. The first-order chi connectivity index (χ1) is 12.0. The van der Waals surface area contributed by atoms with Crippen LogP contribution in [0, 0.1) is 5.92 Å². The van der Waals surface area contributed by atoms with E-state index in [0.29, 0.717) is 11.7 Å². The maximum Gasteiger partial charge on any atom is 0.409 e. The molecule has 0 aromatic heterocycles. The Bertz CT molecular complexity index is 772. The Hall–Kier alpha value is -2.53. The van der Waals surface area contributed by atoms with Crippen molar-refractivity contribution in [3.05, 3.63) is 53.1 Å². The van der Waals surface area contributed by atoms with E-state index in [2.05, 4.69) is 31.3 Å². The number of primary amides is 1. The number of nitrogens with one attached hydrogen (secondary N) is 1. The molecule has 2 aromatic rings. The van der Waals surface area contributed by atoms with Crippen molar-refractivity contribution >= 4 is 6.09 Å². The van der Waals surface area contributed by atoms with E-state index in [9.17, 15) is 4.79 Å². The average Bonchev–Trinajstić information content (AvgIpc) is 2.73. The minimum Gasteiger partial charge on any atom is -0.457 e. The van der Waals surface area contributed by atoms with Gasteiger partial charge in [0.25, 0.3) is 0 Å². The Kier molecular flexibility index (Phi) is 5.24. The molecule has 5 nitrogen and oxygen atoms in total. The monoisotopic (exact) mass is 340 g/mol. The molecule has 0 saturated heterocycles. The lowest BCUT2D eigenvalue weighted by molar-refractivity contribution is 0.211. The number of hydrogen-bond donors (Lipinski definition) is 2. The number of nitrogens with two attached hydrogens (primary N) is 1. The van der Waals surface area contributed by atoms with Gasteiger partial charge in [-0.25, -0.2) is 4.79 Å². The molecular weight excluding hydrogens is 316 g/mol. The summed E-state index contributed by atoms with van der Waals surface area (Å²) in [6, 6.07) is 11.7. The van der Waals surface area contributed by atoms with Gasteiger partial charge in [-0.3, -0.25) is 0 Å². The van der Waals surface area contributed by atoms with E-state index in [0.717, 1.165) is 43.0 Å². The Balaban J connectivity index is 1.74. The van der Waals surface area contributed by atoms with Gasteiger partial charge in [0.15, 0.2) is 0 Å². The molecular formula is C20H24N2O3. The Morgan fingerprint density at radius 2 is 1.84 bits per heavy atom. The predicted octanol–water partition coefficient (Wildman–Crippen LogP) is 3.78. The van der Waals surface area contributed by atoms with Gasteiger partial charge < -0.3 is 20.5 Å². The highest BCUT2D eigenvalue weighted by atomic mass is 16.5. The second kappa shape index (κ2) is 7.57. The van der Waals surface area contributed by atoms with Crippen molar-refractivity contribution in [2.24, 2.45) is 11.7 Å². The lowest BCUT2D eigenvalue weighted by atomic mass is 10.0. The molecule has 0 atom stereocenters. The summed E-state index contributed by atoms with van der Waals surface area (Å²) in [6.07, 6.45) is 0.887. The van der Waals surface area contributed by atoms with E-state index in [-0.39, 0.29) is 0 Å². The fraction of sp³-hybridized carbons (Fsp3) is 0.350. The van der Waals surface area contributed by atoms with Crippen LogP contribution in [0.25, 0.3) is 0 Å². The molecule has 0 aliphatic carbocycles. The minimum atomic E-state index is -0.809. The number of fused-ring (bicyclic) bond motifs is 2. The summed E-state index contributed by atoms with van der Waals surface area (Å²) in [4.78, 5) is 10.9. The third-order valence-corrected chi connectivity index (χ3v) is 4.14. The number of hydrogen-bond acceptors (Lipinski definition) is 4. The molecule has 0 unspecified atom stereocenters. The molecule has 0 radical (unpaired) electrons. The Labute approximate surface area is 148 Å². The lowest BCUT2D eigenvalue weighted by Crippen LogP contribution is -2.19. The molecule has 0 bridgehead atoms. The SMILES string of the molecule is CC(C)CNCc1ccc2c(c1)CCc1cc(OC(N)=O)ccc1O2. The van der Waals surface area contributed by atoms with Crippen LogP contribution in [0.1, 0.15) is 30.5 Å². The van der Waals surface area contributed by atoms with Gasteiger partial charge in [0.2, 0.25) is 0 Å². The summed E-state index contributed by atoms with van der Waals surface area (Å²) in [5.41, 5.74) is 8.53. The molecule has 5 heteroatoms. The number of carbonyl (C=O) groups is 1. The second-order valence-corrected chi connectivity index (χ2v) is 6.76. The molecule has 25 heavy (non-hydrogen) atoms. The summed E-state index contributed by atoms with van der Waals surface area (Å²) in [6.45, 7) is 6.26. The van der Waals surface area contributed by atoms with Crippen LogP contribution >= 0.6 is 0 Å². The van der Waals surface area contributed by atoms with Crippen molar-refractivity contribution in [3.63, 3.8) is 0 Å². The van der Waals surface area contributed by atoms with Gasteiger partial charge in [-0.15, -0.1) is 0 Å². The van der Waals surface area contributed by atoms with Gasteiger partial charge >= 0.3 is 6.09 Å². The largest absolute Gasteiger partial charge is 0.457 e. The number of amides is 1. The Morgan fingerprint density at radius 1 is 1.16 bits per heavy atom. The van der Waals surface area contributed by atoms with Crippen molar-refractivity contribution in [1.29, 1.82) is 0 Å². The molecule has 1 aliphatic rings. The van der Waals surface area contributed by atoms with Crippen molar-refractivity contribution in [1.82, 2.24) is 5.32 Å². The highest BCUT2D eigenvalue weighted by Gasteiger charge is 2.16. The summed E-state index contributed by atoms with van der Waals surface area (Å²) < 4.78 is 11.0. The zero-order valence-corrected chi connectivity index (χ0v) is 14.7. The minimum absolute atomic E-state index is 0.444. The van der Waals surface area contributed by atoms with E-state index >= 15 is 0 Å². The quantitative estimate of drug-likeness (QED) is 0.869. The molecule has 3 N–H and O–H groups in total. The van der Waals surface area contributed by atoms with Gasteiger partial charge in [-0.05, 0) is 66.3 Å². The smallest absolute Gasteiger partial charge is 0.409 e. The molecule has 3 rings (SSSR count). The van der Waals surface area contributed by atoms with Gasteiger partial charge in [0, 0.05) is 6.54 Å². The van der Waals surface area contributed by atoms with Crippen LogP contribution in [0.2, 0.25) is 0 Å². The highest BCUT2D eigenvalue weighted by molar-refractivity contribution is 5.68. The second-order valence-electron chi connectivity index (χ2n) is 6.76. The van der Waals surface area contributed by atoms with Crippen LogP contribution < -0.4 is 20.5 Å². The average molecular weight is 340 g/mol. The van der Waals surface area contributed by atoms with Crippen LogP contribution in [-0.2, 0) is 19.4 Å². The zero-order chi connectivity index (χ0) is 17.8. The van der Waals surface area contributed by atoms with E-state index < -0.39 is 6.09 Å². The number of benzene rings is 2. The first-order valence-corrected chi connectivity index (χ1v) is 8.62. The number of rotatable bonds is 5. The van der Waals surface area contributed by atoms with Crippen LogP contribution in [-0.4, -0.2) is 12.6 Å². The maximum absolute atomic E-state index is 10.9. The first kappa shape index (κ1) is 17.3. The van der Waals surface area contributed by atoms with Crippen molar-refractivity contribution in [2.75, 3.05) is 6.54 Å². The van der Waals surface area contributed by atoms with Gasteiger partial charge in [-0.1, -0.05) is 26.0 Å². The summed E-state index contributed by atoms with van der Waals surface area (Å²) in [5.74, 6) is 2.76. The molecule has 0 saturated carbocycles. The molecule has 132 valence electrons. The zero-order valence-electron chi connectivity index (χ0n) is 14.7. The summed E-state index contributed by atoms with van der Waals surface area (Å²) >= 11 is 0. The van der Waals surface area contributed by atoms with Crippen LogP contribution in [0.15, 0.2) is 36.4 Å². The third kappa shape index (κ3) is 4.51. The van der Waals surface area contributed by atoms with Gasteiger partial charge in [0.1, 0.15) is 17.2 Å². The van der Waals surface area contributed by atoms with Crippen LogP contribution in [0.3, 0.4) is 0 Å². The molecule has 1 heterocycles. The normalized spacial score (nSPS) is 12.8. The van der Waals surface area contributed by atoms with Crippen LogP contribution in [0.5, 0.6) is 17.2 Å². The third-order valence-electron chi connectivity index (χ3n) is 4.14. The van der Waals surface area contributed by atoms with E-state index in [1.54, 1.807) is 6.07 Å². The first-order valence-electron chi connectivity index (χ1n) is 8.62. The van der Waals surface area contributed by atoms with Crippen LogP contribution in [0.4, 0.5) is 4.79 Å². The van der Waals surface area contributed by atoms with Gasteiger partial charge in [-0.2, -0.15) is 0 Å². The lowest BCUT2D eigenvalue weighted by Gasteiger charge is -2.12. The van der Waals surface area contributed by atoms with E-state index in [1.165, 1.54) is 11.1 Å². The van der Waals surface area contributed by atoms with E-state index in [1.807, 2.05) is 18.2 Å². The van der Waals surface area contributed by atoms with E-state index in [4.69, 9.17) is 15.2 Å². The molecule has 2 aromatic carbocycles.